The highest BCUT2D eigenvalue weighted by molar-refractivity contribution is 5.98. The van der Waals surface area contributed by atoms with E-state index in [2.05, 4.69) is 37.8 Å². The molecule has 93 heavy (non-hydrogen) atoms. The minimum atomic E-state index is -1.12. The fraction of sp³-hybridized carbons (Fsp3) is 0.657. The molecule has 520 valence electrons. The summed E-state index contributed by atoms with van der Waals surface area (Å²) >= 11 is 0. The minimum Gasteiger partial charge on any atom is -0.445 e. The molecule has 12 atom stereocenters. The molecule has 0 saturated carbocycles. The van der Waals surface area contributed by atoms with Crippen molar-refractivity contribution >= 4 is 59.2 Å². The van der Waals surface area contributed by atoms with Crippen molar-refractivity contribution in [2.24, 2.45) is 35.3 Å². The summed E-state index contributed by atoms with van der Waals surface area (Å²) in [6.07, 6.45) is 4.09. The molecule has 1 aliphatic heterocycles. The van der Waals surface area contributed by atoms with Crippen molar-refractivity contribution in [1.29, 1.82) is 0 Å². The second kappa shape index (κ2) is 41.3. The molecule has 1 heterocycles. The minimum absolute atomic E-state index is 0.0834. The van der Waals surface area contributed by atoms with Gasteiger partial charge in [0, 0.05) is 47.1 Å². The van der Waals surface area contributed by atoms with E-state index in [4.69, 9.17) is 40.6 Å². The van der Waals surface area contributed by atoms with Crippen LogP contribution < -0.4 is 37.6 Å². The number of amides is 10. The number of nitrogens with two attached hydrogens (primary N) is 1. The summed E-state index contributed by atoms with van der Waals surface area (Å²) in [4.78, 5) is 127. The summed E-state index contributed by atoms with van der Waals surface area (Å²) in [6.45, 7) is 19.1. The van der Waals surface area contributed by atoms with Crippen LogP contribution in [0, 0.1) is 41.9 Å². The molecule has 1 saturated heterocycles. The Hall–Kier alpha value is -7.41. The van der Waals surface area contributed by atoms with Crippen LogP contribution in [0.4, 0.5) is 15.3 Å². The number of aliphatic hydroxyl groups is 1. The fourth-order valence-electron chi connectivity index (χ4n) is 11.3. The van der Waals surface area contributed by atoms with Gasteiger partial charge >= 0.3 is 12.1 Å². The molecular formula is C67H106N10O16. The average Bonchev–Trinajstić information content (AvgIpc) is 1.82. The number of likely N-dealkylation sites (tertiary alicyclic amines) is 1. The maximum absolute atomic E-state index is 14.8. The Morgan fingerprint density at radius 1 is 0.742 bits per heavy atom. The van der Waals surface area contributed by atoms with Crippen LogP contribution in [0.15, 0.2) is 54.6 Å². The first-order chi connectivity index (χ1) is 44.1. The van der Waals surface area contributed by atoms with Crippen molar-refractivity contribution in [3.8, 4) is 12.3 Å². The lowest BCUT2D eigenvalue weighted by Gasteiger charge is -2.41. The van der Waals surface area contributed by atoms with E-state index < -0.39 is 126 Å². The van der Waals surface area contributed by atoms with Gasteiger partial charge in [0.15, 0.2) is 0 Å². The third kappa shape index (κ3) is 25.8. The smallest absolute Gasteiger partial charge is 0.410 e. The lowest BCUT2D eigenvalue weighted by Crippen LogP contribution is -2.60. The number of nitrogens with zero attached hydrogens (tertiary/aromatic N) is 3. The number of terminal acetylenes is 1. The van der Waals surface area contributed by atoms with Crippen LogP contribution in [0.1, 0.15) is 125 Å². The maximum atomic E-state index is 14.8. The first-order valence-corrected chi connectivity index (χ1v) is 32.2. The number of nitrogens with one attached hydrogen (secondary N) is 6. The Morgan fingerprint density at radius 3 is 1.96 bits per heavy atom. The van der Waals surface area contributed by atoms with Crippen LogP contribution in [-0.2, 0) is 68.6 Å². The van der Waals surface area contributed by atoms with E-state index in [-0.39, 0.29) is 76.6 Å². The van der Waals surface area contributed by atoms with Crippen molar-refractivity contribution in [3.05, 3.63) is 65.7 Å². The largest absolute Gasteiger partial charge is 0.445 e. The van der Waals surface area contributed by atoms with E-state index in [0.717, 1.165) is 0 Å². The van der Waals surface area contributed by atoms with Crippen LogP contribution in [0.5, 0.6) is 0 Å². The van der Waals surface area contributed by atoms with E-state index in [1.54, 1.807) is 109 Å². The number of hydrogen-bond donors (Lipinski definition) is 8. The normalized spacial score (nSPS) is 16.6. The van der Waals surface area contributed by atoms with Gasteiger partial charge in [-0.05, 0) is 79.5 Å². The fourth-order valence-corrected chi connectivity index (χ4v) is 11.3. The summed E-state index contributed by atoms with van der Waals surface area (Å²) in [6, 6.07) is 8.73. The Balaban J connectivity index is 1.68. The summed E-state index contributed by atoms with van der Waals surface area (Å²) < 4.78 is 33.6. The van der Waals surface area contributed by atoms with Gasteiger partial charge in [-0.25, -0.2) is 9.59 Å². The summed E-state index contributed by atoms with van der Waals surface area (Å²) in [5, 5.41) is 27.5. The van der Waals surface area contributed by atoms with Crippen LogP contribution >= 0.6 is 0 Å². The third-order valence-electron chi connectivity index (χ3n) is 16.7. The van der Waals surface area contributed by atoms with Gasteiger partial charge in [-0.2, -0.15) is 0 Å². The van der Waals surface area contributed by atoms with Crippen LogP contribution in [-0.4, -0.2) is 209 Å². The van der Waals surface area contributed by atoms with E-state index >= 15 is 0 Å². The van der Waals surface area contributed by atoms with Gasteiger partial charge in [0.05, 0.1) is 75.2 Å². The lowest BCUT2D eigenvalue weighted by atomic mass is 9.89. The van der Waals surface area contributed by atoms with Gasteiger partial charge in [-0.15, -0.1) is 6.42 Å². The van der Waals surface area contributed by atoms with Crippen LogP contribution in [0.2, 0.25) is 0 Å². The van der Waals surface area contributed by atoms with Gasteiger partial charge in [-0.3, -0.25) is 38.5 Å². The molecule has 0 aromatic heterocycles. The molecule has 10 amide bonds. The summed E-state index contributed by atoms with van der Waals surface area (Å²) in [5.41, 5.74) is 6.77. The summed E-state index contributed by atoms with van der Waals surface area (Å²) in [5.74, 6) is -3.11. The Labute approximate surface area is 549 Å². The monoisotopic (exact) mass is 1310 g/mol. The van der Waals surface area contributed by atoms with E-state index in [0.29, 0.717) is 55.8 Å². The highest BCUT2D eigenvalue weighted by Crippen LogP contribution is 2.30. The lowest BCUT2D eigenvalue weighted by molar-refractivity contribution is -0.148. The molecule has 0 aliphatic carbocycles. The predicted molar refractivity (Wildman–Crippen MR) is 350 cm³/mol. The zero-order valence-corrected chi connectivity index (χ0v) is 57.0. The predicted octanol–water partition coefficient (Wildman–Crippen LogP) is 4.27. The molecule has 0 radical (unpaired) electrons. The summed E-state index contributed by atoms with van der Waals surface area (Å²) in [7, 11) is 6.08. The first-order valence-electron chi connectivity index (χ1n) is 32.2. The number of carbonyl (C=O) groups is 9. The number of carbonyl (C=O) groups excluding carboxylic acids is 9. The van der Waals surface area contributed by atoms with Gasteiger partial charge in [0.1, 0.15) is 44.0 Å². The van der Waals surface area contributed by atoms with Crippen LogP contribution in [0.3, 0.4) is 0 Å². The number of anilines is 1. The highest BCUT2D eigenvalue weighted by Gasteiger charge is 2.44. The van der Waals surface area contributed by atoms with Crippen molar-refractivity contribution in [2.75, 3.05) is 86.4 Å². The standard InChI is InChI=1S/C67H106N10O16/c1-16-33-90-34-35-91-36-37-92-40-53(78)73-55(41(3)4)63(83)72-50(25-21-31-69-66(68)86)62(82)71-49-29-27-47(28-30-49)39-93-67(87)76(13)57(43(7)8)64(84)74-56(42(5)6)65(85)75(12)58(44(9)17-2)52(88-14)38-54(79)77-32-22-26-51(77)60(89-15)45(10)61(81)70-46(11)59(80)48-23-19-18-20-24-48/h1,18-20,23-24,27-30,41-46,50-52,55-60,80H,17,21-22,25-26,31-40H2,2-15H3,(H,70,81)(H,71,82)(H,72,83)(H,73,78)(H,74,84)(H3,68,69,86)/t44-,45+,46+,50-,51-,52+,55-,56-,57-,58-,59+,60+/m0/s1. The van der Waals surface area contributed by atoms with Crippen molar-refractivity contribution in [1.82, 2.24) is 41.3 Å². The van der Waals surface area contributed by atoms with Crippen LogP contribution in [0.25, 0.3) is 0 Å². The number of urea groups is 1. The number of likely N-dealkylation sites (N-methyl/N-ethyl adjacent to an activating group) is 2. The third-order valence-corrected chi connectivity index (χ3v) is 16.7. The molecule has 0 spiro atoms. The average molecular weight is 1310 g/mol. The Kier molecular flexibility index (Phi) is 35.5. The molecule has 26 nitrogen and oxygen atoms in total. The number of ether oxygens (including phenoxy) is 6. The molecule has 2 aromatic rings. The second-order valence-electron chi connectivity index (χ2n) is 24.7. The number of hydrogen-bond acceptors (Lipinski definition) is 16. The van der Waals surface area contributed by atoms with Crippen molar-refractivity contribution < 1.29 is 76.7 Å². The number of benzene rings is 2. The molecule has 3 rings (SSSR count). The van der Waals surface area contributed by atoms with E-state index in [1.165, 1.54) is 26.2 Å². The number of rotatable bonds is 41. The quantitative estimate of drug-likeness (QED) is 0.0340. The number of methoxy groups -OCH3 is 2. The van der Waals surface area contributed by atoms with Crippen molar-refractivity contribution in [3.63, 3.8) is 0 Å². The molecule has 2 aromatic carbocycles. The maximum Gasteiger partial charge on any atom is 0.410 e. The van der Waals surface area contributed by atoms with Crippen molar-refractivity contribution in [2.45, 2.75) is 175 Å². The zero-order valence-electron chi connectivity index (χ0n) is 57.0. The Morgan fingerprint density at radius 2 is 1.38 bits per heavy atom. The number of aliphatic hydroxyl groups excluding tert-OH is 1. The molecule has 1 aliphatic rings. The first kappa shape index (κ1) is 79.8. The van der Waals surface area contributed by atoms with E-state index in [9.17, 15) is 48.3 Å². The molecule has 0 unspecified atom stereocenters. The highest BCUT2D eigenvalue weighted by atomic mass is 16.6. The topological polar surface area (TPSA) is 337 Å². The van der Waals surface area contributed by atoms with Gasteiger partial charge < -0.3 is 81.0 Å². The van der Waals surface area contributed by atoms with Gasteiger partial charge in [-0.1, -0.05) is 117 Å². The molecule has 1 fully saturated rings. The molecule has 9 N–H and O–H groups in total. The number of primary amides is 1. The van der Waals surface area contributed by atoms with Gasteiger partial charge in [0.25, 0.3) is 0 Å². The van der Waals surface area contributed by atoms with E-state index in [1.807, 2.05) is 32.0 Å². The van der Waals surface area contributed by atoms with Gasteiger partial charge in [0.2, 0.25) is 41.4 Å². The SMILES string of the molecule is C#CCOCCOCCOCC(=O)N[C@H](C(=O)N[C@@H](CCCNC(N)=O)C(=O)Nc1ccc(COC(=O)N(C)[C@H](C(=O)N[C@H](C(=O)N(C)[C@@H]([C@@H](C)CC)[C@@H](CC(=O)N2CCC[C@H]2[C@H](OC)[C@@H](C)C(=O)N[C@H](C)[C@@H](O)c2ccccc2)OC)C(C)C)C(C)C)cc1)C(C)C. The molecular weight excluding hydrogens is 1200 g/mol. The second-order valence-corrected chi connectivity index (χ2v) is 24.7. The molecule has 26 heteroatoms. The zero-order chi connectivity index (χ0) is 69.5. The Bertz CT molecular complexity index is 2710. The molecule has 0 bridgehead atoms.